The number of ketones is 1. The predicted molar refractivity (Wildman–Crippen MR) is 72.4 cm³/mol. The second kappa shape index (κ2) is 5.46. The summed E-state index contributed by atoms with van der Waals surface area (Å²) >= 11 is 0. The maximum atomic E-state index is 11.9. The fourth-order valence-corrected chi connectivity index (χ4v) is 1.66. The number of carbonyl (C=O) groups is 1. The van der Waals surface area contributed by atoms with Crippen LogP contribution in [-0.2, 0) is 5.41 Å². The second-order valence-electron chi connectivity index (χ2n) is 5.77. The average Bonchev–Trinajstić information content (AvgIpc) is 2.25. The van der Waals surface area contributed by atoms with Crippen molar-refractivity contribution in [3.8, 4) is 0 Å². The highest BCUT2D eigenvalue weighted by Gasteiger charge is 2.14. The summed E-state index contributed by atoms with van der Waals surface area (Å²) in [5.41, 5.74) is 7.82. The topological polar surface area (TPSA) is 43.1 Å². The van der Waals surface area contributed by atoms with E-state index < -0.39 is 0 Å². The maximum absolute atomic E-state index is 11.9. The van der Waals surface area contributed by atoms with Crippen LogP contribution in [0.4, 0.5) is 0 Å². The molecule has 2 nitrogen and oxygen atoms in total. The van der Waals surface area contributed by atoms with E-state index in [1.807, 2.05) is 31.2 Å². The molecule has 1 unspecified atom stereocenters. The third-order valence-electron chi connectivity index (χ3n) is 2.90. The van der Waals surface area contributed by atoms with Gasteiger partial charge in [-0.05, 0) is 24.3 Å². The van der Waals surface area contributed by atoms with E-state index >= 15 is 0 Å². The molecule has 2 heteroatoms. The minimum absolute atomic E-state index is 0.0906. The first kappa shape index (κ1) is 13.9. The van der Waals surface area contributed by atoms with Crippen LogP contribution in [0.5, 0.6) is 0 Å². The molecule has 0 aliphatic heterocycles. The molecule has 0 saturated heterocycles. The zero-order valence-electron chi connectivity index (χ0n) is 11.3. The van der Waals surface area contributed by atoms with Gasteiger partial charge in [-0.15, -0.1) is 0 Å². The van der Waals surface area contributed by atoms with Crippen molar-refractivity contribution >= 4 is 5.78 Å². The number of rotatable bonds is 4. The minimum Gasteiger partial charge on any atom is -0.328 e. The quantitative estimate of drug-likeness (QED) is 0.811. The van der Waals surface area contributed by atoms with Gasteiger partial charge in [-0.1, -0.05) is 45.0 Å². The van der Waals surface area contributed by atoms with Crippen molar-refractivity contribution in [3.63, 3.8) is 0 Å². The summed E-state index contributed by atoms with van der Waals surface area (Å²) in [6.07, 6.45) is 1.28. The van der Waals surface area contributed by atoms with Crippen molar-refractivity contribution in [3.05, 3.63) is 35.4 Å². The molecule has 0 spiro atoms. The average molecular weight is 233 g/mol. The molecule has 1 atom stereocenters. The van der Waals surface area contributed by atoms with Crippen LogP contribution in [0.3, 0.4) is 0 Å². The Morgan fingerprint density at radius 1 is 1.24 bits per heavy atom. The van der Waals surface area contributed by atoms with Crippen LogP contribution in [0.15, 0.2) is 24.3 Å². The summed E-state index contributed by atoms with van der Waals surface area (Å²) in [5.74, 6) is 0.183. The first-order valence-corrected chi connectivity index (χ1v) is 6.20. The lowest BCUT2D eigenvalue weighted by atomic mass is 9.86. The van der Waals surface area contributed by atoms with Crippen LogP contribution in [0.1, 0.15) is 56.5 Å². The third-order valence-corrected chi connectivity index (χ3v) is 2.90. The Bertz CT molecular complexity index is 371. The van der Waals surface area contributed by atoms with Crippen molar-refractivity contribution in [2.24, 2.45) is 5.73 Å². The summed E-state index contributed by atoms with van der Waals surface area (Å²) in [6.45, 7) is 8.43. The summed E-state index contributed by atoms with van der Waals surface area (Å²) in [7, 11) is 0. The van der Waals surface area contributed by atoms with Crippen molar-refractivity contribution in [1.82, 2.24) is 0 Å². The number of hydrogen-bond acceptors (Lipinski definition) is 2. The van der Waals surface area contributed by atoms with Crippen LogP contribution < -0.4 is 5.73 Å². The largest absolute Gasteiger partial charge is 0.328 e. The second-order valence-corrected chi connectivity index (χ2v) is 5.77. The molecule has 0 heterocycles. The van der Waals surface area contributed by atoms with E-state index in [-0.39, 0.29) is 17.2 Å². The Morgan fingerprint density at radius 2 is 1.76 bits per heavy atom. The minimum atomic E-state index is 0.0906. The summed E-state index contributed by atoms with van der Waals surface area (Å²) < 4.78 is 0. The Morgan fingerprint density at radius 3 is 2.18 bits per heavy atom. The predicted octanol–water partition coefficient (Wildman–Crippen LogP) is 3.29. The lowest BCUT2D eigenvalue weighted by Crippen LogP contribution is -2.16. The monoisotopic (exact) mass is 233 g/mol. The van der Waals surface area contributed by atoms with Crippen LogP contribution >= 0.6 is 0 Å². The Hall–Kier alpha value is -1.15. The standard InChI is InChI=1S/C15H23NO/c1-11(16)5-10-14(17)12-6-8-13(9-7-12)15(2,3)4/h6-9,11H,5,10,16H2,1-4H3. The van der Waals surface area contributed by atoms with E-state index in [9.17, 15) is 4.79 Å². The zero-order chi connectivity index (χ0) is 13.1. The van der Waals surface area contributed by atoms with Crippen LogP contribution in [-0.4, -0.2) is 11.8 Å². The SMILES string of the molecule is CC(N)CCC(=O)c1ccc(C(C)(C)C)cc1. The van der Waals surface area contributed by atoms with Crippen molar-refractivity contribution in [1.29, 1.82) is 0 Å². The summed E-state index contributed by atoms with van der Waals surface area (Å²) in [6, 6.07) is 8.01. The third kappa shape index (κ3) is 4.31. The molecule has 1 aromatic carbocycles. The van der Waals surface area contributed by atoms with Gasteiger partial charge in [0.15, 0.2) is 5.78 Å². The molecule has 0 aromatic heterocycles. The van der Waals surface area contributed by atoms with Gasteiger partial charge in [0.05, 0.1) is 0 Å². The van der Waals surface area contributed by atoms with Crippen molar-refractivity contribution < 1.29 is 4.79 Å². The van der Waals surface area contributed by atoms with Gasteiger partial charge in [0.1, 0.15) is 0 Å². The highest BCUT2D eigenvalue weighted by molar-refractivity contribution is 5.96. The normalized spacial score (nSPS) is 13.5. The molecular weight excluding hydrogens is 210 g/mol. The molecule has 1 aromatic rings. The molecule has 0 saturated carbocycles. The molecule has 2 N–H and O–H groups in total. The molecule has 17 heavy (non-hydrogen) atoms. The highest BCUT2D eigenvalue weighted by atomic mass is 16.1. The van der Waals surface area contributed by atoms with E-state index in [0.717, 1.165) is 12.0 Å². The molecule has 0 bridgehead atoms. The highest BCUT2D eigenvalue weighted by Crippen LogP contribution is 2.22. The number of nitrogens with two attached hydrogens (primary N) is 1. The van der Waals surface area contributed by atoms with Gasteiger partial charge in [-0.3, -0.25) is 4.79 Å². The van der Waals surface area contributed by atoms with Gasteiger partial charge >= 0.3 is 0 Å². The van der Waals surface area contributed by atoms with Crippen molar-refractivity contribution in [2.75, 3.05) is 0 Å². The number of hydrogen-bond donors (Lipinski definition) is 1. The molecule has 0 amide bonds. The van der Waals surface area contributed by atoms with Gasteiger partial charge in [0.25, 0.3) is 0 Å². The number of carbonyl (C=O) groups excluding carboxylic acids is 1. The molecule has 0 fully saturated rings. The number of benzene rings is 1. The molecule has 0 radical (unpaired) electrons. The number of Topliss-reactive ketones (excluding diaryl/α,β-unsaturated/α-hetero) is 1. The van der Waals surface area contributed by atoms with Gasteiger partial charge in [0.2, 0.25) is 0 Å². The molecule has 0 aliphatic rings. The Balaban J connectivity index is 2.71. The summed E-state index contributed by atoms with van der Waals surface area (Å²) in [4.78, 5) is 11.9. The first-order valence-electron chi connectivity index (χ1n) is 6.20. The zero-order valence-corrected chi connectivity index (χ0v) is 11.3. The van der Waals surface area contributed by atoms with Crippen LogP contribution in [0, 0.1) is 0 Å². The van der Waals surface area contributed by atoms with Crippen LogP contribution in [0.25, 0.3) is 0 Å². The van der Waals surface area contributed by atoms with E-state index in [0.29, 0.717) is 6.42 Å². The van der Waals surface area contributed by atoms with Gasteiger partial charge in [0, 0.05) is 18.0 Å². The van der Waals surface area contributed by atoms with Crippen LogP contribution in [0.2, 0.25) is 0 Å². The fraction of sp³-hybridized carbons (Fsp3) is 0.533. The Labute approximate surface area is 104 Å². The summed E-state index contributed by atoms with van der Waals surface area (Å²) in [5, 5.41) is 0. The van der Waals surface area contributed by atoms with Gasteiger partial charge in [-0.25, -0.2) is 0 Å². The van der Waals surface area contributed by atoms with E-state index in [1.54, 1.807) is 0 Å². The molecule has 94 valence electrons. The van der Waals surface area contributed by atoms with Gasteiger partial charge < -0.3 is 5.73 Å². The molecular formula is C15H23NO. The van der Waals surface area contributed by atoms with E-state index in [4.69, 9.17) is 5.73 Å². The first-order chi connectivity index (χ1) is 7.80. The van der Waals surface area contributed by atoms with Crippen molar-refractivity contribution in [2.45, 2.75) is 52.0 Å². The maximum Gasteiger partial charge on any atom is 0.162 e. The lowest BCUT2D eigenvalue weighted by Gasteiger charge is -2.19. The smallest absolute Gasteiger partial charge is 0.162 e. The Kier molecular flexibility index (Phi) is 4.47. The van der Waals surface area contributed by atoms with E-state index in [2.05, 4.69) is 20.8 Å². The fourth-order valence-electron chi connectivity index (χ4n) is 1.66. The molecule has 0 aliphatic carbocycles. The molecule has 1 rings (SSSR count). The van der Waals surface area contributed by atoms with E-state index in [1.165, 1.54) is 5.56 Å². The van der Waals surface area contributed by atoms with Gasteiger partial charge in [-0.2, -0.15) is 0 Å². The lowest BCUT2D eigenvalue weighted by molar-refractivity contribution is 0.0978.